The van der Waals surface area contributed by atoms with Crippen molar-refractivity contribution in [2.75, 3.05) is 0 Å². The third-order valence-electron chi connectivity index (χ3n) is 7.33. The van der Waals surface area contributed by atoms with Crippen LogP contribution in [0.3, 0.4) is 0 Å². The Labute approximate surface area is 265 Å². The zero-order valence-corrected chi connectivity index (χ0v) is 24.5. The van der Waals surface area contributed by atoms with Crippen LogP contribution >= 0.6 is 0 Å². The Balaban J connectivity index is 0.00000256. The van der Waals surface area contributed by atoms with E-state index in [0.717, 1.165) is 43.8 Å². The molecule has 41 heavy (non-hydrogen) atoms. The van der Waals surface area contributed by atoms with Crippen molar-refractivity contribution in [2.45, 2.75) is 0 Å². The fraction of sp³-hybridized carbons (Fsp3) is 0. The van der Waals surface area contributed by atoms with Crippen LogP contribution in [0.25, 0.3) is 89.7 Å². The Bertz CT molecular complexity index is 2030. The molecule has 0 unspecified atom stereocenters. The first kappa shape index (κ1) is 24.4. The first-order chi connectivity index (χ1) is 19.8. The summed E-state index contributed by atoms with van der Waals surface area (Å²) >= 11 is 0. The standard InChI is InChI=1S/C32H16N8.Nd/c1-2-10-18-17(9-1)25-33-26(18)38-28-21-13-5-6-14-22(21)30(35-28)40-32-24-16-8-7-15-23(24)31(36-32)39-29-20-12-4-3-11-19(20)27(34-29)37-25;/h1-16H;/q-2;+3. The van der Waals surface area contributed by atoms with Gasteiger partial charge in [-0.05, 0) is 21.5 Å². The van der Waals surface area contributed by atoms with Gasteiger partial charge in [0.25, 0.3) is 0 Å². The summed E-state index contributed by atoms with van der Waals surface area (Å²) in [6, 6.07) is 31.8. The summed E-state index contributed by atoms with van der Waals surface area (Å²) in [6.07, 6.45) is 0. The van der Waals surface area contributed by atoms with Crippen LogP contribution in [-0.2, 0) is 0 Å². The number of hydrogen-bond acceptors (Lipinski definition) is 6. The van der Waals surface area contributed by atoms with Gasteiger partial charge in [0.15, 0.2) is 0 Å². The molecular formula is C32H16N8Nd+. The van der Waals surface area contributed by atoms with Gasteiger partial charge in [-0.3, -0.25) is 0 Å². The molecule has 0 spiro atoms. The zero-order chi connectivity index (χ0) is 26.2. The molecule has 0 saturated carbocycles. The first-order valence-electron chi connectivity index (χ1n) is 12.9. The van der Waals surface area contributed by atoms with Crippen LogP contribution in [0.2, 0.25) is 0 Å². The van der Waals surface area contributed by atoms with E-state index in [1.54, 1.807) is 0 Å². The quantitative estimate of drug-likeness (QED) is 0.192. The molecular weight excluding hydrogens is 641 g/mol. The second kappa shape index (κ2) is 9.32. The summed E-state index contributed by atoms with van der Waals surface area (Å²) < 4.78 is 0. The van der Waals surface area contributed by atoms with Gasteiger partial charge in [0.05, 0.1) is 23.3 Å². The van der Waals surface area contributed by atoms with E-state index in [9.17, 15) is 0 Å². The monoisotopic (exact) mass is 654 g/mol. The van der Waals surface area contributed by atoms with Gasteiger partial charge >= 0.3 is 40.8 Å². The van der Waals surface area contributed by atoms with Gasteiger partial charge in [-0.1, -0.05) is 97.1 Å². The third-order valence-corrected chi connectivity index (χ3v) is 7.33. The van der Waals surface area contributed by atoms with Crippen LogP contribution in [0.15, 0.2) is 97.1 Å². The van der Waals surface area contributed by atoms with Gasteiger partial charge in [-0.2, -0.15) is 0 Å². The van der Waals surface area contributed by atoms with Crippen LogP contribution < -0.4 is 9.97 Å². The molecule has 9 rings (SSSR count). The fourth-order valence-electron chi connectivity index (χ4n) is 5.46. The van der Waals surface area contributed by atoms with Crippen LogP contribution in [0.4, 0.5) is 0 Å². The molecule has 8 bridgehead atoms. The van der Waals surface area contributed by atoms with Crippen LogP contribution in [0, 0.1) is 40.8 Å². The SMILES string of the molecule is [Nd+3].c1ccc2c(c1)-c1nc-2nc2[n-]c(nc3nc(nc4[n-]c(n1)c1ccccc41)-c1ccccc1-3)c1ccccc21. The second-order valence-corrected chi connectivity index (χ2v) is 9.67. The van der Waals surface area contributed by atoms with Crippen molar-refractivity contribution in [3.05, 3.63) is 97.1 Å². The van der Waals surface area contributed by atoms with Crippen molar-refractivity contribution in [2.24, 2.45) is 0 Å². The van der Waals surface area contributed by atoms with E-state index >= 15 is 0 Å². The van der Waals surface area contributed by atoms with Crippen molar-refractivity contribution in [3.63, 3.8) is 0 Å². The Kier molecular flexibility index (Phi) is 5.55. The minimum atomic E-state index is 0. The van der Waals surface area contributed by atoms with Gasteiger partial charge < -0.3 is 29.9 Å². The molecule has 0 fully saturated rings. The Morgan fingerprint density at radius 3 is 0.829 bits per heavy atom. The van der Waals surface area contributed by atoms with E-state index in [-0.39, 0.29) is 40.8 Å². The summed E-state index contributed by atoms with van der Waals surface area (Å²) in [5.74, 6) is 2.21. The average molecular weight is 657 g/mol. The molecule has 5 heterocycles. The van der Waals surface area contributed by atoms with Crippen LogP contribution in [0.1, 0.15) is 0 Å². The summed E-state index contributed by atoms with van der Waals surface area (Å²) in [5.41, 5.74) is 5.78. The molecule has 2 aliphatic rings. The smallest absolute Gasteiger partial charge is 0.357 e. The molecule has 8 nitrogen and oxygen atoms in total. The van der Waals surface area contributed by atoms with E-state index < -0.39 is 0 Å². The number of nitrogens with zero attached hydrogens (tertiary/aromatic N) is 8. The fourth-order valence-corrected chi connectivity index (χ4v) is 5.46. The van der Waals surface area contributed by atoms with E-state index in [1.165, 1.54) is 0 Å². The Hall–Kier alpha value is -4.41. The maximum atomic E-state index is 4.95. The van der Waals surface area contributed by atoms with E-state index in [2.05, 4.69) is 0 Å². The van der Waals surface area contributed by atoms with Crippen molar-refractivity contribution in [1.82, 2.24) is 39.9 Å². The maximum absolute atomic E-state index is 4.95. The zero-order valence-electron chi connectivity index (χ0n) is 21.3. The summed E-state index contributed by atoms with van der Waals surface area (Å²) in [4.78, 5) is 39.3. The molecule has 0 N–H and O–H groups in total. The van der Waals surface area contributed by atoms with Crippen molar-refractivity contribution in [3.8, 4) is 45.6 Å². The number of aromatic nitrogens is 8. The molecule has 0 amide bonds. The van der Waals surface area contributed by atoms with Crippen molar-refractivity contribution in [1.29, 1.82) is 0 Å². The molecule has 1 radical (unpaired) electrons. The number of fused-ring (bicyclic) bond motifs is 20. The molecule has 3 aromatic heterocycles. The van der Waals surface area contributed by atoms with Crippen molar-refractivity contribution < 1.29 is 40.8 Å². The predicted molar refractivity (Wildman–Crippen MR) is 154 cm³/mol. The molecule has 0 aliphatic carbocycles. The third kappa shape index (κ3) is 3.74. The number of rotatable bonds is 0. The minimum Gasteiger partial charge on any atom is -0.357 e. The minimum absolute atomic E-state index is 0. The molecule has 4 aromatic carbocycles. The molecule has 9 heteroatoms. The molecule has 187 valence electrons. The number of hydrogen-bond donors (Lipinski definition) is 0. The van der Waals surface area contributed by atoms with Gasteiger partial charge in [-0.15, -0.1) is 0 Å². The summed E-state index contributed by atoms with van der Waals surface area (Å²) in [5, 5.41) is 3.57. The Morgan fingerprint density at radius 2 is 0.561 bits per heavy atom. The topological polar surface area (TPSA) is 106 Å². The van der Waals surface area contributed by atoms with Gasteiger partial charge in [0.1, 0.15) is 0 Å². The largest absolute Gasteiger partial charge is 3.00 e. The van der Waals surface area contributed by atoms with Gasteiger partial charge in [0, 0.05) is 44.8 Å². The first-order valence-corrected chi connectivity index (χ1v) is 12.9. The van der Waals surface area contributed by atoms with Gasteiger partial charge in [-0.25, -0.2) is 9.97 Å². The molecule has 0 atom stereocenters. The van der Waals surface area contributed by atoms with E-state index in [0.29, 0.717) is 45.9 Å². The summed E-state index contributed by atoms with van der Waals surface area (Å²) in [6.45, 7) is 0. The normalized spacial score (nSPS) is 11.7. The molecule has 2 aliphatic heterocycles. The van der Waals surface area contributed by atoms with E-state index in [1.807, 2.05) is 97.1 Å². The number of benzene rings is 4. The predicted octanol–water partition coefficient (Wildman–Crippen LogP) is 6.13. The van der Waals surface area contributed by atoms with Crippen molar-refractivity contribution >= 4 is 44.1 Å². The van der Waals surface area contributed by atoms with Crippen LogP contribution in [0.5, 0.6) is 0 Å². The average Bonchev–Trinajstić information content (AvgIpc) is 3.73. The Morgan fingerprint density at radius 1 is 0.317 bits per heavy atom. The van der Waals surface area contributed by atoms with Crippen LogP contribution in [-0.4, -0.2) is 29.9 Å². The molecule has 0 saturated heterocycles. The summed E-state index contributed by atoms with van der Waals surface area (Å²) in [7, 11) is 0. The van der Waals surface area contributed by atoms with E-state index in [4.69, 9.17) is 39.9 Å². The molecule has 7 aromatic rings. The maximum Gasteiger partial charge on any atom is 3.00 e. The van der Waals surface area contributed by atoms with Gasteiger partial charge in [0.2, 0.25) is 0 Å². The second-order valence-electron chi connectivity index (χ2n) is 9.67.